The number of hydrogen-bond donors (Lipinski definition) is 3. The second-order valence-electron chi connectivity index (χ2n) is 5.94. The molecular weight excluding hydrogens is 318 g/mol. The Morgan fingerprint density at radius 3 is 2.72 bits per heavy atom. The van der Waals surface area contributed by atoms with Gasteiger partial charge in [0.05, 0.1) is 30.2 Å². The minimum absolute atomic E-state index is 0.353. The maximum atomic E-state index is 12.3. The number of hydrogen-bond acceptors (Lipinski definition) is 4. The fourth-order valence-corrected chi connectivity index (χ4v) is 3.10. The summed E-state index contributed by atoms with van der Waals surface area (Å²) in [6.07, 6.45) is 3.28. The van der Waals surface area contributed by atoms with Crippen molar-refractivity contribution in [2.75, 3.05) is 5.32 Å². The van der Waals surface area contributed by atoms with E-state index in [4.69, 9.17) is 0 Å². The highest BCUT2D eigenvalue weighted by atomic mass is 16.3. The van der Waals surface area contributed by atoms with Crippen LogP contribution in [-0.4, -0.2) is 32.2 Å². The molecule has 0 fully saturated rings. The van der Waals surface area contributed by atoms with Crippen molar-refractivity contribution >= 4 is 11.7 Å². The predicted octanol–water partition coefficient (Wildman–Crippen LogP) is 2.05. The van der Waals surface area contributed by atoms with Crippen molar-refractivity contribution in [3.8, 4) is 5.69 Å². The van der Waals surface area contributed by atoms with Crippen LogP contribution in [0.5, 0.6) is 0 Å². The number of aliphatic hydroxyl groups is 1. The van der Waals surface area contributed by atoms with Gasteiger partial charge in [-0.25, -0.2) is 9.48 Å². The largest absolute Gasteiger partial charge is 0.390 e. The fourth-order valence-electron chi connectivity index (χ4n) is 3.10. The van der Waals surface area contributed by atoms with Crippen LogP contribution < -0.4 is 10.6 Å². The SMILES string of the molecule is O=C(Nc1ccc(-n2ccnn2)cc1)N[C@@H]1c2ccccc2C[C@@H]1O. The third kappa shape index (κ3) is 3.09. The molecule has 0 radical (unpaired) electrons. The van der Waals surface area contributed by atoms with Gasteiger partial charge >= 0.3 is 6.03 Å². The smallest absolute Gasteiger partial charge is 0.319 e. The van der Waals surface area contributed by atoms with Crippen molar-refractivity contribution in [3.05, 3.63) is 72.1 Å². The molecule has 1 aromatic heterocycles. The van der Waals surface area contributed by atoms with E-state index in [-0.39, 0.29) is 6.03 Å². The van der Waals surface area contributed by atoms with Gasteiger partial charge in [-0.3, -0.25) is 0 Å². The lowest BCUT2D eigenvalue weighted by Gasteiger charge is -2.18. The number of aromatic nitrogens is 3. The van der Waals surface area contributed by atoms with Crippen molar-refractivity contribution in [2.24, 2.45) is 0 Å². The van der Waals surface area contributed by atoms with Crippen LogP contribution >= 0.6 is 0 Å². The summed E-state index contributed by atoms with van der Waals surface area (Å²) >= 11 is 0. The van der Waals surface area contributed by atoms with Gasteiger partial charge in [-0.15, -0.1) is 5.10 Å². The van der Waals surface area contributed by atoms with E-state index in [1.165, 1.54) is 0 Å². The van der Waals surface area contributed by atoms with Crippen molar-refractivity contribution in [3.63, 3.8) is 0 Å². The Morgan fingerprint density at radius 1 is 1.16 bits per heavy atom. The summed E-state index contributed by atoms with van der Waals surface area (Å²) < 4.78 is 1.63. The van der Waals surface area contributed by atoms with Crippen LogP contribution in [0.4, 0.5) is 10.5 Å². The zero-order valence-electron chi connectivity index (χ0n) is 13.3. The normalized spacial score (nSPS) is 18.6. The van der Waals surface area contributed by atoms with E-state index in [2.05, 4.69) is 20.9 Å². The van der Waals surface area contributed by atoms with Gasteiger partial charge < -0.3 is 15.7 Å². The average molecular weight is 335 g/mol. The van der Waals surface area contributed by atoms with Crippen LogP contribution in [0, 0.1) is 0 Å². The first-order valence-electron chi connectivity index (χ1n) is 8.01. The van der Waals surface area contributed by atoms with E-state index in [0.717, 1.165) is 16.8 Å². The predicted molar refractivity (Wildman–Crippen MR) is 92.4 cm³/mol. The molecule has 7 heteroatoms. The molecular formula is C18H17N5O2. The molecule has 0 saturated heterocycles. The molecule has 3 aromatic rings. The number of rotatable bonds is 3. The number of aliphatic hydroxyl groups excluding tert-OH is 1. The standard InChI is InChI=1S/C18H17N5O2/c24-16-11-12-3-1-2-4-15(12)17(16)21-18(25)20-13-5-7-14(8-6-13)23-10-9-19-22-23/h1-10,16-17,24H,11H2,(H2,20,21,25)/t16-,17+/m0/s1. The van der Waals surface area contributed by atoms with E-state index in [9.17, 15) is 9.90 Å². The topological polar surface area (TPSA) is 92.1 Å². The molecule has 3 N–H and O–H groups in total. The summed E-state index contributed by atoms with van der Waals surface area (Å²) in [6, 6.07) is 14.3. The number of urea groups is 1. The number of carbonyl (C=O) groups excluding carboxylic acids is 1. The van der Waals surface area contributed by atoms with Crippen LogP contribution in [0.1, 0.15) is 17.2 Å². The number of amides is 2. The second-order valence-corrected chi connectivity index (χ2v) is 5.94. The third-order valence-electron chi connectivity index (χ3n) is 4.30. The molecule has 4 rings (SSSR count). The number of benzene rings is 2. The van der Waals surface area contributed by atoms with Gasteiger partial charge in [-0.1, -0.05) is 29.5 Å². The monoisotopic (exact) mass is 335 g/mol. The van der Waals surface area contributed by atoms with Gasteiger partial charge in [-0.2, -0.15) is 0 Å². The van der Waals surface area contributed by atoms with Gasteiger partial charge in [0.25, 0.3) is 0 Å². The van der Waals surface area contributed by atoms with Gasteiger partial charge in [-0.05, 0) is 35.4 Å². The van der Waals surface area contributed by atoms with Crippen molar-refractivity contribution in [2.45, 2.75) is 18.6 Å². The Labute approximate surface area is 144 Å². The molecule has 0 unspecified atom stereocenters. The summed E-state index contributed by atoms with van der Waals surface area (Å²) in [5.41, 5.74) is 3.54. The Morgan fingerprint density at radius 2 is 1.96 bits per heavy atom. The van der Waals surface area contributed by atoms with Crippen molar-refractivity contribution in [1.29, 1.82) is 0 Å². The van der Waals surface area contributed by atoms with Crippen LogP contribution in [0.15, 0.2) is 60.9 Å². The van der Waals surface area contributed by atoms with Crippen LogP contribution in [0.2, 0.25) is 0 Å². The number of fused-ring (bicyclic) bond motifs is 1. The Bertz CT molecular complexity index is 877. The maximum absolute atomic E-state index is 12.3. The number of nitrogens with one attached hydrogen (secondary N) is 2. The molecule has 25 heavy (non-hydrogen) atoms. The summed E-state index contributed by atoms with van der Waals surface area (Å²) in [7, 11) is 0. The molecule has 1 aliphatic carbocycles. The number of carbonyl (C=O) groups is 1. The average Bonchev–Trinajstić information content (AvgIpc) is 3.25. The molecule has 0 aliphatic heterocycles. The highest BCUT2D eigenvalue weighted by Crippen LogP contribution is 2.31. The van der Waals surface area contributed by atoms with Crippen LogP contribution in [-0.2, 0) is 6.42 Å². The minimum atomic E-state index is -0.613. The van der Waals surface area contributed by atoms with Gasteiger partial charge in [0.15, 0.2) is 0 Å². The van der Waals surface area contributed by atoms with E-state index in [1.54, 1.807) is 29.2 Å². The van der Waals surface area contributed by atoms with Crippen molar-refractivity contribution in [1.82, 2.24) is 20.3 Å². The molecule has 1 aliphatic rings. The minimum Gasteiger partial charge on any atom is -0.390 e. The second kappa shape index (κ2) is 6.37. The molecule has 0 bridgehead atoms. The molecule has 1 heterocycles. The quantitative estimate of drug-likeness (QED) is 0.683. The molecule has 0 spiro atoms. The van der Waals surface area contributed by atoms with Crippen LogP contribution in [0.25, 0.3) is 5.69 Å². The van der Waals surface area contributed by atoms with E-state index in [0.29, 0.717) is 12.1 Å². The molecule has 7 nitrogen and oxygen atoms in total. The third-order valence-corrected chi connectivity index (χ3v) is 4.30. The van der Waals surface area contributed by atoms with E-state index < -0.39 is 12.1 Å². The van der Waals surface area contributed by atoms with E-state index >= 15 is 0 Å². The molecule has 0 saturated carbocycles. The molecule has 2 atom stereocenters. The van der Waals surface area contributed by atoms with Gasteiger partial charge in [0, 0.05) is 12.1 Å². The summed E-state index contributed by atoms with van der Waals surface area (Å²) in [4.78, 5) is 12.3. The lowest BCUT2D eigenvalue weighted by atomic mass is 10.1. The first kappa shape index (κ1) is 15.3. The van der Waals surface area contributed by atoms with Gasteiger partial charge in [0.2, 0.25) is 0 Å². The van der Waals surface area contributed by atoms with Crippen molar-refractivity contribution < 1.29 is 9.90 Å². The highest BCUT2D eigenvalue weighted by molar-refractivity contribution is 5.89. The number of nitrogens with zero attached hydrogens (tertiary/aromatic N) is 3. The highest BCUT2D eigenvalue weighted by Gasteiger charge is 2.31. The molecule has 2 amide bonds. The first-order valence-corrected chi connectivity index (χ1v) is 8.01. The zero-order chi connectivity index (χ0) is 17.2. The fraction of sp³-hybridized carbons (Fsp3) is 0.167. The lowest BCUT2D eigenvalue weighted by molar-refractivity contribution is 0.144. The molecule has 2 aromatic carbocycles. The lowest BCUT2D eigenvalue weighted by Crippen LogP contribution is -2.36. The number of anilines is 1. The first-order chi connectivity index (χ1) is 12.2. The Hall–Kier alpha value is -3.19. The summed E-state index contributed by atoms with van der Waals surface area (Å²) in [5, 5.41) is 23.5. The maximum Gasteiger partial charge on any atom is 0.319 e. The zero-order valence-corrected chi connectivity index (χ0v) is 13.3. The summed E-state index contributed by atoms with van der Waals surface area (Å²) in [5.74, 6) is 0. The Balaban J connectivity index is 1.42. The summed E-state index contributed by atoms with van der Waals surface area (Å²) in [6.45, 7) is 0. The van der Waals surface area contributed by atoms with E-state index in [1.807, 2.05) is 36.4 Å². The van der Waals surface area contributed by atoms with Gasteiger partial charge in [0.1, 0.15) is 0 Å². The molecule has 126 valence electrons. The van der Waals surface area contributed by atoms with Crippen LogP contribution in [0.3, 0.4) is 0 Å². The Kier molecular flexibility index (Phi) is 3.91.